The first-order chi connectivity index (χ1) is 17.2. The molecule has 40 heavy (non-hydrogen) atoms. The van der Waals surface area contributed by atoms with Gasteiger partial charge in [0.05, 0.1) is 15.8 Å². The average molecular weight is 634 g/mol. The van der Waals surface area contributed by atoms with Gasteiger partial charge < -0.3 is 30.2 Å². The van der Waals surface area contributed by atoms with E-state index in [2.05, 4.69) is 25.6 Å². The first kappa shape index (κ1) is 36.9. The van der Waals surface area contributed by atoms with Crippen molar-refractivity contribution >= 4 is 71.9 Å². The van der Waals surface area contributed by atoms with Crippen LogP contribution >= 0.6 is 11.6 Å². The Balaban J connectivity index is 0.00000267. The molecule has 0 aliphatic rings. The smallest absolute Gasteiger partial charge is 0.872 e. The van der Waals surface area contributed by atoms with Crippen molar-refractivity contribution in [3.63, 3.8) is 0 Å². The van der Waals surface area contributed by atoms with Crippen LogP contribution in [0.25, 0.3) is 10.8 Å². The van der Waals surface area contributed by atoms with E-state index in [1.807, 2.05) is 0 Å². The number of carbonyl (C=O) groups is 1. The van der Waals surface area contributed by atoms with E-state index in [1.54, 1.807) is 0 Å². The number of carboxylic acids is 1. The third-order valence-corrected chi connectivity index (χ3v) is 6.61. The Morgan fingerprint density at radius 2 is 1.40 bits per heavy atom. The van der Waals surface area contributed by atoms with E-state index in [-0.39, 0.29) is 128 Å². The maximum atomic E-state index is 12.7. The van der Waals surface area contributed by atoms with Crippen molar-refractivity contribution in [2.24, 2.45) is 0 Å². The van der Waals surface area contributed by atoms with Gasteiger partial charge in [-0.25, -0.2) is 8.42 Å². The molecule has 20 heteroatoms. The largest absolute Gasteiger partial charge is 1.00 e. The molecule has 0 spiro atoms. The molecule has 0 radical (unpaired) electrons. The number of fused-ring (bicyclic) bond motifs is 1. The first-order valence-corrected chi connectivity index (χ1v) is 12.9. The van der Waals surface area contributed by atoms with Crippen LogP contribution < -0.4 is 110 Å². The second-order valence-electron chi connectivity index (χ2n) is 7.25. The number of nitrogens with one attached hydrogen (secondary N) is 2. The Morgan fingerprint density at radius 1 is 0.850 bits per heavy atom. The van der Waals surface area contributed by atoms with Crippen molar-refractivity contribution in [3.8, 4) is 5.75 Å². The summed E-state index contributed by atoms with van der Waals surface area (Å²) in [4.78, 5) is 21.3. The summed E-state index contributed by atoms with van der Waals surface area (Å²) in [7, 11) is -9.94. The van der Waals surface area contributed by atoms with Gasteiger partial charge in [0, 0.05) is 16.9 Å². The summed E-state index contributed by atoms with van der Waals surface area (Å²) < 4.78 is 67.4. The van der Waals surface area contributed by atoms with Gasteiger partial charge in [0.25, 0.3) is 10.1 Å². The van der Waals surface area contributed by atoms with Crippen molar-refractivity contribution < 1.29 is 130 Å². The molecule has 0 saturated heterocycles. The molecule has 0 aliphatic heterocycles. The Bertz CT molecular complexity index is 1810. The number of anilines is 4. The molecule has 3 N–H and O–H groups in total. The number of halogens is 1. The molecule has 1 aromatic heterocycles. The van der Waals surface area contributed by atoms with Crippen molar-refractivity contribution in [1.29, 1.82) is 0 Å². The number of carbonyl (C=O) groups excluding carboxylic acids is 1. The first-order valence-electron chi connectivity index (χ1n) is 9.70. The SMILES string of the molecule is O=C([O-])c1ccccc1Nc1nc(Cl)nc(Nc2cc(S(=O)(=O)[O-])cc3cc(S(=O)(=O)O)cc([O-])c23)n1.[Na+].[Na+].[Na+]. The number of hydrogen-bond acceptors (Lipinski definition) is 13. The molecule has 4 rings (SSSR count). The molecule has 0 bridgehead atoms. The normalized spacial score (nSPS) is 11.0. The number of nitrogens with zero attached hydrogens (tertiary/aromatic N) is 3. The zero-order chi connectivity index (χ0) is 27.1. The Labute approximate surface area is 298 Å². The number of hydrogen-bond donors (Lipinski definition) is 3. The van der Waals surface area contributed by atoms with Crippen LogP contribution in [0.15, 0.2) is 58.3 Å². The van der Waals surface area contributed by atoms with Crippen molar-refractivity contribution in [2.75, 3.05) is 10.6 Å². The summed E-state index contributed by atoms with van der Waals surface area (Å²) in [6.45, 7) is 0. The maximum Gasteiger partial charge on any atom is 1.00 e. The van der Waals surface area contributed by atoms with Gasteiger partial charge in [0.1, 0.15) is 10.1 Å². The third-order valence-electron chi connectivity index (χ3n) is 4.79. The van der Waals surface area contributed by atoms with Crippen LogP contribution in [-0.4, -0.2) is 46.9 Å². The zero-order valence-corrected chi connectivity index (χ0v) is 29.3. The van der Waals surface area contributed by atoms with E-state index in [0.717, 1.165) is 18.2 Å². The average Bonchev–Trinajstić information content (AvgIpc) is 2.77. The molecule has 192 valence electrons. The zero-order valence-electron chi connectivity index (χ0n) is 20.9. The fourth-order valence-corrected chi connectivity index (χ4v) is 4.51. The molecule has 0 saturated carbocycles. The number of para-hydroxylation sites is 1. The third kappa shape index (κ3) is 8.71. The Morgan fingerprint density at radius 3 is 1.95 bits per heavy atom. The number of carboxylic acid groups (broad SMARTS) is 1. The molecule has 4 aromatic rings. The standard InChI is InChI=1S/C20H14ClN5O9S2.3Na/c21-18-24-19(22-13-4-2-1-3-12(13)17(28)29)26-20(25-18)23-14-7-10(36(30,31)32)5-9-6-11(37(33,34)35)8-15(27)16(9)14;;;/h1-8,27H,(H,28,29)(H,30,31,32)(H,33,34,35)(H2,22,23,24,25,26);;;/q;3*+1/p-3. The van der Waals surface area contributed by atoms with Crippen LogP contribution in [0, 0.1) is 0 Å². The molecular weight excluding hydrogens is 623 g/mol. The molecule has 0 fully saturated rings. The molecule has 0 atom stereocenters. The van der Waals surface area contributed by atoms with Gasteiger partial charge in [0.15, 0.2) is 0 Å². The van der Waals surface area contributed by atoms with Gasteiger partial charge >= 0.3 is 88.7 Å². The van der Waals surface area contributed by atoms with Gasteiger partial charge in [-0.3, -0.25) is 4.55 Å². The second kappa shape index (κ2) is 14.4. The monoisotopic (exact) mass is 633 g/mol. The van der Waals surface area contributed by atoms with E-state index in [9.17, 15) is 40.9 Å². The molecule has 0 unspecified atom stereocenters. The number of aromatic nitrogens is 3. The van der Waals surface area contributed by atoms with E-state index in [0.29, 0.717) is 6.07 Å². The molecular formula is C20H11ClN5Na3O9S2. The second-order valence-corrected chi connectivity index (χ2v) is 10.4. The summed E-state index contributed by atoms with van der Waals surface area (Å²) in [5.41, 5.74) is -0.499. The number of aromatic carboxylic acids is 1. The van der Waals surface area contributed by atoms with Crippen molar-refractivity contribution in [3.05, 3.63) is 59.4 Å². The summed E-state index contributed by atoms with van der Waals surface area (Å²) in [5.74, 6) is -3.07. The van der Waals surface area contributed by atoms with Crippen LogP contribution in [0.1, 0.15) is 10.4 Å². The summed E-state index contributed by atoms with van der Waals surface area (Å²) in [6.07, 6.45) is 0. The van der Waals surface area contributed by atoms with Crippen molar-refractivity contribution in [2.45, 2.75) is 9.79 Å². The van der Waals surface area contributed by atoms with E-state index in [1.165, 1.54) is 24.3 Å². The van der Waals surface area contributed by atoms with Crippen LogP contribution in [-0.2, 0) is 20.2 Å². The topological polar surface area (TPSA) is 237 Å². The van der Waals surface area contributed by atoms with E-state index < -0.39 is 47.0 Å². The molecule has 1 heterocycles. The quantitative estimate of drug-likeness (QED) is 0.127. The maximum absolute atomic E-state index is 12.7. The van der Waals surface area contributed by atoms with Crippen LogP contribution in [0.3, 0.4) is 0 Å². The minimum absolute atomic E-state index is 0. The van der Waals surface area contributed by atoms with Crippen molar-refractivity contribution in [1.82, 2.24) is 15.0 Å². The number of rotatable bonds is 7. The molecule has 0 aliphatic carbocycles. The Kier molecular flexibility index (Phi) is 13.3. The summed E-state index contributed by atoms with van der Waals surface area (Å²) in [6, 6.07) is 8.60. The van der Waals surface area contributed by atoms with Gasteiger partial charge in [-0.05, 0) is 52.7 Å². The predicted octanol–water partition coefficient (Wildman–Crippen LogP) is -8.23. The molecule has 0 amide bonds. The van der Waals surface area contributed by atoms with Crippen LogP contribution in [0.5, 0.6) is 5.75 Å². The van der Waals surface area contributed by atoms with Gasteiger partial charge in [0.2, 0.25) is 17.2 Å². The van der Waals surface area contributed by atoms with Gasteiger partial charge in [-0.2, -0.15) is 23.4 Å². The van der Waals surface area contributed by atoms with Crippen LogP contribution in [0.2, 0.25) is 5.28 Å². The minimum atomic E-state index is -5.10. The summed E-state index contributed by atoms with van der Waals surface area (Å²) in [5, 5.41) is 28.2. The van der Waals surface area contributed by atoms with E-state index >= 15 is 0 Å². The fraction of sp³-hybridized carbons (Fsp3) is 0. The summed E-state index contributed by atoms with van der Waals surface area (Å²) >= 11 is 5.94. The van der Waals surface area contributed by atoms with Gasteiger partial charge in [-0.1, -0.05) is 23.9 Å². The minimum Gasteiger partial charge on any atom is -0.872 e. The fourth-order valence-electron chi connectivity index (χ4n) is 3.29. The number of benzene rings is 3. The van der Waals surface area contributed by atoms with Crippen LogP contribution in [0.4, 0.5) is 23.3 Å². The molecule has 14 nitrogen and oxygen atoms in total. The molecule has 3 aromatic carbocycles. The predicted molar refractivity (Wildman–Crippen MR) is 123 cm³/mol. The van der Waals surface area contributed by atoms with Gasteiger partial charge in [-0.15, -0.1) is 0 Å². The Hall–Kier alpha value is -1.09. The van der Waals surface area contributed by atoms with E-state index in [4.69, 9.17) is 11.6 Å².